The van der Waals surface area contributed by atoms with Crippen LogP contribution in [0.2, 0.25) is 0 Å². The molecule has 2 heterocycles. The molecule has 6 heteroatoms. The number of rotatable bonds is 5. The standard InChI is InChI=1S/C16H22N4OS/c1-11-7-12(2)15(13(3)8-11)10-22-16-17-18-19-20(16)9-14-5-4-6-21-14/h7-8,14H,4-6,9-10H2,1-3H3. The third kappa shape index (κ3) is 3.50. The lowest BCUT2D eigenvalue weighted by molar-refractivity contribution is 0.0912. The van der Waals surface area contributed by atoms with Crippen molar-refractivity contribution in [2.45, 2.75) is 57.2 Å². The first-order chi connectivity index (χ1) is 10.6. The minimum atomic E-state index is 0.255. The van der Waals surface area contributed by atoms with Crippen LogP contribution in [0.5, 0.6) is 0 Å². The van der Waals surface area contributed by atoms with E-state index in [0.717, 1.165) is 36.9 Å². The molecular weight excluding hydrogens is 296 g/mol. The van der Waals surface area contributed by atoms with Gasteiger partial charge in [0.2, 0.25) is 5.16 Å². The number of hydrogen-bond donors (Lipinski definition) is 0. The molecule has 1 atom stereocenters. The van der Waals surface area contributed by atoms with Gasteiger partial charge in [-0.2, -0.15) is 0 Å². The van der Waals surface area contributed by atoms with E-state index in [1.165, 1.54) is 22.3 Å². The quantitative estimate of drug-likeness (QED) is 0.793. The Bertz CT molecular complexity index is 626. The summed E-state index contributed by atoms with van der Waals surface area (Å²) in [6.45, 7) is 8.09. The van der Waals surface area contributed by atoms with Crippen molar-refractivity contribution in [3.05, 3.63) is 34.4 Å². The fraction of sp³-hybridized carbons (Fsp3) is 0.562. The molecule has 1 aromatic heterocycles. The van der Waals surface area contributed by atoms with Crippen molar-refractivity contribution in [2.24, 2.45) is 0 Å². The van der Waals surface area contributed by atoms with Gasteiger partial charge < -0.3 is 4.74 Å². The molecule has 1 unspecified atom stereocenters. The highest BCUT2D eigenvalue weighted by Gasteiger charge is 2.19. The maximum absolute atomic E-state index is 5.67. The van der Waals surface area contributed by atoms with Crippen molar-refractivity contribution in [3.63, 3.8) is 0 Å². The van der Waals surface area contributed by atoms with Gasteiger partial charge in [0.05, 0.1) is 12.6 Å². The van der Waals surface area contributed by atoms with Gasteiger partial charge in [0, 0.05) is 12.4 Å². The normalized spacial score (nSPS) is 18.0. The summed E-state index contributed by atoms with van der Waals surface area (Å²) in [4.78, 5) is 0. The monoisotopic (exact) mass is 318 g/mol. The van der Waals surface area contributed by atoms with Crippen molar-refractivity contribution < 1.29 is 4.74 Å². The van der Waals surface area contributed by atoms with Gasteiger partial charge in [-0.05, 0) is 60.7 Å². The van der Waals surface area contributed by atoms with Crippen LogP contribution >= 0.6 is 11.8 Å². The Kier molecular flexibility index (Phi) is 4.78. The van der Waals surface area contributed by atoms with Gasteiger partial charge in [-0.15, -0.1) is 5.10 Å². The molecule has 0 radical (unpaired) electrons. The topological polar surface area (TPSA) is 52.8 Å². The maximum Gasteiger partial charge on any atom is 0.209 e. The Hall–Kier alpha value is -1.40. The number of nitrogens with zero attached hydrogens (tertiary/aromatic N) is 4. The summed E-state index contributed by atoms with van der Waals surface area (Å²) in [5.41, 5.74) is 5.36. The van der Waals surface area contributed by atoms with Crippen molar-refractivity contribution >= 4 is 11.8 Å². The molecule has 3 rings (SSSR count). The first kappa shape index (κ1) is 15.5. The molecular formula is C16H22N4OS. The summed E-state index contributed by atoms with van der Waals surface area (Å²) >= 11 is 1.70. The first-order valence-electron chi connectivity index (χ1n) is 7.71. The summed E-state index contributed by atoms with van der Waals surface area (Å²) < 4.78 is 7.54. The average molecular weight is 318 g/mol. The van der Waals surface area contributed by atoms with Crippen LogP contribution < -0.4 is 0 Å². The lowest BCUT2D eigenvalue weighted by atomic mass is 10.0. The number of thioether (sulfide) groups is 1. The molecule has 0 saturated carbocycles. The highest BCUT2D eigenvalue weighted by atomic mass is 32.2. The van der Waals surface area contributed by atoms with E-state index in [4.69, 9.17) is 4.74 Å². The van der Waals surface area contributed by atoms with Gasteiger partial charge >= 0.3 is 0 Å². The maximum atomic E-state index is 5.67. The molecule has 0 N–H and O–H groups in total. The fourth-order valence-electron chi connectivity index (χ4n) is 2.97. The SMILES string of the molecule is Cc1cc(C)c(CSc2nnnn2CC2CCCO2)c(C)c1. The Balaban J connectivity index is 1.68. The fourth-order valence-corrected chi connectivity index (χ4v) is 4.05. The van der Waals surface area contributed by atoms with Crippen molar-refractivity contribution in [1.82, 2.24) is 20.2 Å². The second-order valence-electron chi connectivity index (χ2n) is 5.94. The van der Waals surface area contributed by atoms with Gasteiger partial charge in [0.1, 0.15) is 0 Å². The van der Waals surface area contributed by atoms with Crippen LogP contribution in [0.4, 0.5) is 0 Å². The van der Waals surface area contributed by atoms with Gasteiger partial charge in [-0.25, -0.2) is 4.68 Å². The van der Waals surface area contributed by atoms with Crippen LogP contribution in [0.1, 0.15) is 35.1 Å². The van der Waals surface area contributed by atoms with Crippen LogP contribution in [0.3, 0.4) is 0 Å². The Morgan fingerprint density at radius 1 is 1.27 bits per heavy atom. The Morgan fingerprint density at radius 3 is 2.73 bits per heavy atom. The van der Waals surface area contributed by atoms with Gasteiger partial charge in [-0.3, -0.25) is 0 Å². The minimum absolute atomic E-state index is 0.255. The van der Waals surface area contributed by atoms with E-state index in [-0.39, 0.29) is 6.10 Å². The summed E-state index contributed by atoms with van der Waals surface area (Å²) in [7, 11) is 0. The molecule has 118 valence electrons. The molecule has 1 aliphatic rings. The molecule has 0 aliphatic carbocycles. The van der Waals surface area contributed by atoms with E-state index in [2.05, 4.69) is 48.4 Å². The lowest BCUT2D eigenvalue weighted by Crippen LogP contribution is -2.16. The predicted molar refractivity (Wildman–Crippen MR) is 87.0 cm³/mol. The lowest BCUT2D eigenvalue weighted by Gasteiger charge is -2.12. The summed E-state index contributed by atoms with van der Waals surface area (Å²) in [6, 6.07) is 4.47. The molecule has 0 amide bonds. The Morgan fingerprint density at radius 2 is 2.05 bits per heavy atom. The van der Waals surface area contributed by atoms with Crippen LogP contribution in [0.15, 0.2) is 17.3 Å². The van der Waals surface area contributed by atoms with Crippen LogP contribution in [-0.4, -0.2) is 32.9 Å². The van der Waals surface area contributed by atoms with E-state index in [1.54, 1.807) is 11.8 Å². The van der Waals surface area contributed by atoms with Crippen LogP contribution in [0, 0.1) is 20.8 Å². The van der Waals surface area contributed by atoms with Crippen molar-refractivity contribution in [3.8, 4) is 0 Å². The molecule has 1 aromatic carbocycles. The van der Waals surface area contributed by atoms with Gasteiger partial charge in [0.25, 0.3) is 0 Å². The van der Waals surface area contributed by atoms with Gasteiger partial charge in [-0.1, -0.05) is 29.5 Å². The number of tetrazole rings is 1. The summed E-state index contributed by atoms with van der Waals surface area (Å²) in [5.74, 6) is 0.893. The molecule has 2 aromatic rings. The average Bonchev–Trinajstić information content (AvgIpc) is 3.10. The van der Waals surface area contributed by atoms with E-state index >= 15 is 0 Å². The van der Waals surface area contributed by atoms with Crippen LogP contribution in [-0.2, 0) is 17.0 Å². The highest BCUT2D eigenvalue weighted by Crippen LogP contribution is 2.26. The number of aromatic nitrogens is 4. The molecule has 1 fully saturated rings. The van der Waals surface area contributed by atoms with E-state index in [1.807, 2.05) is 4.68 Å². The molecule has 0 bridgehead atoms. The molecule has 22 heavy (non-hydrogen) atoms. The van der Waals surface area contributed by atoms with Crippen molar-refractivity contribution in [1.29, 1.82) is 0 Å². The number of aryl methyl sites for hydroxylation is 3. The van der Waals surface area contributed by atoms with E-state index < -0.39 is 0 Å². The minimum Gasteiger partial charge on any atom is -0.376 e. The van der Waals surface area contributed by atoms with Crippen molar-refractivity contribution in [2.75, 3.05) is 6.61 Å². The summed E-state index contributed by atoms with van der Waals surface area (Å²) in [6.07, 6.45) is 2.49. The largest absolute Gasteiger partial charge is 0.376 e. The van der Waals surface area contributed by atoms with E-state index in [9.17, 15) is 0 Å². The predicted octanol–water partition coefficient (Wildman–Crippen LogP) is 3.07. The van der Waals surface area contributed by atoms with Gasteiger partial charge in [0.15, 0.2) is 0 Å². The molecule has 0 spiro atoms. The third-order valence-electron chi connectivity index (χ3n) is 4.09. The van der Waals surface area contributed by atoms with Crippen LogP contribution in [0.25, 0.3) is 0 Å². The second-order valence-corrected chi connectivity index (χ2v) is 6.89. The highest BCUT2D eigenvalue weighted by molar-refractivity contribution is 7.98. The zero-order chi connectivity index (χ0) is 15.5. The number of hydrogen-bond acceptors (Lipinski definition) is 5. The zero-order valence-electron chi connectivity index (χ0n) is 13.4. The molecule has 1 aliphatic heterocycles. The number of ether oxygens (including phenoxy) is 1. The zero-order valence-corrected chi connectivity index (χ0v) is 14.2. The molecule has 1 saturated heterocycles. The van der Waals surface area contributed by atoms with E-state index in [0.29, 0.717) is 0 Å². The second kappa shape index (κ2) is 6.79. The Labute approximate surface area is 135 Å². The third-order valence-corrected chi connectivity index (χ3v) is 5.07. The first-order valence-corrected chi connectivity index (χ1v) is 8.69. The smallest absolute Gasteiger partial charge is 0.209 e. The summed E-state index contributed by atoms with van der Waals surface area (Å²) in [5, 5.41) is 13.0. The number of benzene rings is 1. The molecule has 5 nitrogen and oxygen atoms in total.